The molecular formula is C19H22N2O3S2. The van der Waals surface area contributed by atoms with Gasteiger partial charge in [-0.05, 0) is 25.0 Å². The Bertz CT molecular complexity index is 724. The second-order valence-corrected chi connectivity index (χ2v) is 8.24. The van der Waals surface area contributed by atoms with Gasteiger partial charge in [0, 0.05) is 35.0 Å². The van der Waals surface area contributed by atoms with E-state index in [1.165, 1.54) is 0 Å². The Morgan fingerprint density at radius 3 is 2.73 bits per heavy atom. The molecule has 138 valence electrons. The first-order chi connectivity index (χ1) is 12.8. The summed E-state index contributed by atoms with van der Waals surface area (Å²) in [5.74, 6) is 1.31. The summed E-state index contributed by atoms with van der Waals surface area (Å²) in [6.45, 7) is 2.90. The topological polar surface area (TPSA) is 51.7 Å². The molecule has 5 nitrogen and oxygen atoms in total. The quantitative estimate of drug-likeness (QED) is 0.729. The summed E-state index contributed by atoms with van der Waals surface area (Å²) in [6, 6.07) is 7.88. The summed E-state index contributed by atoms with van der Waals surface area (Å²) < 4.78 is 11.3. The van der Waals surface area contributed by atoms with Crippen molar-refractivity contribution in [2.75, 3.05) is 26.3 Å². The highest BCUT2D eigenvalue weighted by atomic mass is 32.2. The van der Waals surface area contributed by atoms with E-state index in [9.17, 15) is 4.79 Å². The van der Waals surface area contributed by atoms with E-state index in [-0.39, 0.29) is 12.2 Å². The number of hydrogen-bond donors (Lipinski definition) is 0. The highest BCUT2D eigenvalue weighted by Crippen LogP contribution is 2.30. The van der Waals surface area contributed by atoms with Crippen molar-refractivity contribution in [1.29, 1.82) is 0 Å². The highest BCUT2D eigenvalue weighted by Gasteiger charge is 2.32. The number of benzene rings is 1. The van der Waals surface area contributed by atoms with Gasteiger partial charge in [-0.15, -0.1) is 23.1 Å². The van der Waals surface area contributed by atoms with Gasteiger partial charge in [-0.3, -0.25) is 4.79 Å². The van der Waals surface area contributed by atoms with Crippen LogP contribution in [-0.2, 0) is 15.2 Å². The maximum atomic E-state index is 13.0. The zero-order valence-corrected chi connectivity index (χ0v) is 16.1. The van der Waals surface area contributed by atoms with Crippen molar-refractivity contribution in [2.45, 2.75) is 29.8 Å². The molecule has 2 saturated heterocycles. The van der Waals surface area contributed by atoms with Crippen molar-refractivity contribution in [2.24, 2.45) is 5.92 Å². The van der Waals surface area contributed by atoms with Gasteiger partial charge >= 0.3 is 0 Å². The Morgan fingerprint density at radius 2 is 2.00 bits per heavy atom. The SMILES string of the molecule is O=C(c1ccccc1SCc1cscn1)N1CCC(C2OCCO2)CC1. The number of carbonyl (C=O) groups excluding carboxylic acids is 1. The van der Waals surface area contributed by atoms with Gasteiger partial charge in [-0.1, -0.05) is 12.1 Å². The van der Waals surface area contributed by atoms with Crippen LogP contribution in [0.1, 0.15) is 28.9 Å². The predicted octanol–water partition coefficient (Wildman–Crippen LogP) is 3.66. The molecule has 2 fully saturated rings. The molecule has 2 aliphatic rings. The molecule has 4 rings (SSSR count). The third-order valence-corrected chi connectivity index (χ3v) is 6.58. The largest absolute Gasteiger partial charge is 0.350 e. The Balaban J connectivity index is 1.38. The lowest BCUT2D eigenvalue weighted by atomic mass is 9.95. The molecule has 3 heterocycles. The number of hydrogen-bond acceptors (Lipinski definition) is 6. The third-order valence-electron chi connectivity index (χ3n) is 4.84. The maximum Gasteiger partial charge on any atom is 0.254 e. The summed E-state index contributed by atoms with van der Waals surface area (Å²) in [5.41, 5.74) is 3.69. The lowest BCUT2D eigenvalue weighted by Gasteiger charge is -2.34. The lowest BCUT2D eigenvalue weighted by Crippen LogP contribution is -2.41. The fourth-order valence-electron chi connectivity index (χ4n) is 3.42. The minimum Gasteiger partial charge on any atom is -0.350 e. The summed E-state index contributed by atoms with van der Waals surface area (Å²) in [7, 11) is 0. The standard InChI is InChI=1S/C19H22N2O3S2/c22-18(21-7-5-14(6-8-21)19-23-9-10-24-19)16-3-1-2-4-17(16)26-12-15-11-25-13-20-15/h1-4,11,13-14,19H,5-10,12H2. The molecule has 0 N–H and O–H groups in total. The van der Waals surface area contributed by atoms with E-state index in [4.69, 9.17) is 9.47 Å². The van der Waals surface area contributed by atoms with Crippen LogP contribution in [0.5, 0.6) is 0 Å². The normalized spacial score (nSPS) is 19.2. The van der Waals surface area contributed by atoms with Crippen LogP contribution in [0.3, 0.4) is 0 Å². The Morgan fingerprint density at radius 1 is 1.23 bits per heavy atom. The van der Waals surface area contributed by atoms with Gasteiger partial charge in [0.1, 0.15) is 0 Å². The molecule has 0 saturated carbocycles. The minimum atomic E-state index is -0.0757. The molecule has 0 radical (unpaired) electrons. The summed E-state index contributed by atoms with van der Waals surface area (Å²) in [5, 5.41) is 2.05. The molecular weight excluding hydrogens is 368 g/mol. The number of amides is 1. The van der Waals surface area contributed by atoms with Gasteiger partial charge in [-0.2, -0.15) is 0 Å². The Labute approximate surface area is 161 Å². The van der Waals surface area contributed by atoms with E-state index >= 15 is 0 Å². The van der Waals surface area contributed by atoms with Gasteiger partial charge in [-0.25, -0.2) is 4.98 Å². The summed E-state index contributed by atoms with van der Waals surface area (Å²) in [6.07, 6.45) is 1.79. The van der Waals surface area contributed by atoms with Crippen LogP contribution in [0, 0.1) is 5.92 Å². The molecule has 1 amide bonds. The van der Waals surface area contributed by atoms with Crippen molar-refractivity contribution in [3.63, 3.8) is 0 Å². The second kappa shape index (κ2) is 8.52. The zero-order valence-electron chi connectivity index (χ0n) is 14.5. The highest BCUT2D eigenvalue weighted by molar-refractivity contribution is 7.98. The van der Waals surface area contributed by atoms with E-state index in [0.717, 1.165) is 47.8 Å². The van der Waals surface area contributed by atoms with Crippen molar-refractivity contribution in [1.82, 2.24) is 9.88 Å². The van der Waals surface area contributed by atoms with E-state index in [1.54, 1.807) is 23.1 Å². The minimum absolute atomic E-state index is 0.0757. The first kappa shape index (κ1) is 18.0. The fraction of sp³-hybridized carbons (Fsp3) is 0.474. The number of carbonyl (C=O) groups is 1. The van der Waals surface area contributed by atoms with E-state index in [0.29, 0.717) is 19.1 Å². The van der Waals surface area contributed by atoms with Crippen LogP contribution in [0.4, 0.5) is 0 Å². The molecule has 0 aliphatic carbocycles. The van der Waals surface area contributed by atoms with Crippen molar-refractivity contribution in [3.8, 4) is 0 Å². The monoisotopic (exact) mass is 390 g/mol. The van der Waals surface area contributed by atoms with Gasteiger partial charge in [0.15, 0.2) is 6.29 Å². The maximum absolute atomic E-state index is 13.0. The van der Waals surface area contributed by atoms with Crippen LogP contribution in [-0.4, -0.2) is 48.4 Å². The van der Waals surface area contributed by atoms with Crippen LogP contribution in [0.25, 0.3) is 0 Å². The van der Waals surface area contributed by atoms with Crippen LogP contribution in [0.15, 0.2) is 40.1 Å². The number of rotatable bonds is 5. The Hall–Kier alpha value is -1.41. The number of ether oxygens (including phenoxy) is 2. The van der Waals surface area contributed by atoms with E-state index < -0.39 is 0 Å². The molecule has 2 aromatic rings. The van der Waals surface area contributed by atoms with Gasteiger partial charge in [0.05, 0.1) is 30.0 Å². The summed E-state index contributed by atoms with van der Waals surface area (Å²) >= 11 is 3.27. The second-order valence-electron chi connectivity index (χ2n) is 6.50. The Kier molecular flexibility index (Phi) is 5.89. The van der Waals surface area contributed by atoms with Crippen molar-refractivity contribution < 1.29 is 14.3 Å². The van der Waals surface area contributed by atoms with Gasteiger partial charge in [0.25, 0.3) is 5.91 Å². The van der Waals surface area contributed by atoms with E-state index in [1.807, 2.05) is 34.7 Å². The molecule has 7 heteroatoms. The van der Waals surface area contributed by atoms with Crippen LogP contribution in [0.2, 0.25) is 0 Å². The zero-order chi connectivity index (χ0) is 17.8. The number of thioether (sulfide) groups is 1. The summed E-state index contributed by atoms with van der Waals surface area (Å²) in [4.78, 5) is 20.4. The van der Waals surface area contributed by atoms with E-state index in [2.05, 4.69) is 10.4 Å². The molecule has 1 aromatic heterocycles. The molecule has 0 bridgehead atoms. The first-order valence-electron chi connectivity index (χ1n) is 8.92. The molecule has 0 unspecified atom stereocenters. The lowest BCUT2D eigenvalue weighted by molar-refractivity contribution is -0.0956. The molecule has 0 spiro atoms. The third kappa shape index (κ3) is 4.11. The molecule has 2 aliphatic heterocycles. The number of thiazole rings is 1. The smallest absolute Gasteiger partial charge is 0.254 e. The van der Waals surface area contributed by atoms with Gasteiger partial charge in [0.2, 0.25) is 0 Å². The first-order valence-corrected chi connectivity index (χ1v) is 10.9. The number of likely N-dealkylation sites (tertiary alicyclic amines) is 1. The molecule has 0 atom stereocenters. The number of piperidine rings is 1. The van der Waals surface area contributed by atoms with Crippen LogP contribution >= 0.6 is 23.1 Å². The van der Waals surface area contributed by atoms with Gasteiger partial charge < -0.3 is 14.4 Å². The fourth-order valence-corrected chi connectivity index (χ4v) is 5.03. The van der Waals surface area contributed by atoms with Crippen molar-refractivity contribution in [3.05, 3.63) is 46.4 Å². The molecule has 26 heavy (non-hydrogen) atoms. The predicted molar refractivity (Wildman–Crippen MR) is 102 cm³/mol. The average molecular weight is 391 g/mol. The van der Waals surface area contributed by atoms with Crippen molar-refractivity contribution >= 4 is 29.0 Å². The number of nitrogens with zero attached hydrogens (tertiary/aromatic N) is 2. The average Bonchev–Trinajstić information content (AvgIpc) is 3.40. The molecule has 1 aromatic carbocycles. The number of aromatic nitrogens is 1. The van der Waals surface area contributed by atoms with Crippen LogP contribution < -0.4 is 0 Å².